The zero-order valence-corrected chi connectivity index (χ0v) is 12.2. The van der Waals surface area contributed by atoms with Gasteiger partial charge in [-0.3, -0.25) is 4.79 Å². The van der Waals surface area contributed by atoms with E-state index in [9.17, 15) is 9.90 Å². The van der Waals surface area contributed by atoms with Crippen LogP contribution in [0.4, 0.5) is 5.69 Å². The first-order valence-electron chi connectivity index (χ1n) is 7.17. The van der Waals surface area contributed by atoms with Crippen LogP contribution in [0.3, 0.4) is 0 Å². The number of ketones is 1. The fourth-order valence-electron chi connectivity index (χ4n) is 3.81. The first kappa shape index (κ1) is 13.2. The van der Waals surface area contributed by atoms with Crippen LogP contribution >= 0.6 is 0 Å². The van der Waals surface area contributed by atoms with Gasteiger partial charge >= 0.3 is 0 Å². The Morgan fingerprint density at radius 3 is 2.45 bits per heavy atom. The van der Waals surface area contributed by atoms with Gasteiger partial charge in [0.05, 0.1) is 0 Å². The summed E-state index contributed by atoms with van der Waals surface area (Å²) >= 11 is 0. The Hall–Kier alpha value is -1.77. The molecule has 0 unspecified atom stereocenters. The summed E-state index contributed by atoms with van der Waals surface area (Å²) in [5.41, 5.74) is 1.65. The third kappa shape index (κ3) is 1.62. The highest BCUT2D eigenvalue weighted by Gasteiger charge is 2.63. The third-order valence-electron chi connectivity index (χ3n) is 5.63. The van der Waals surface area contributed by atoms with Crippen molar-refractivity contribution >= 4 is 11.5 Å². The highest BCUT2D eigenvalue weighted by molar-refractivity contribution is 6.04. The summed E-state index contributed by atoms with van der Waals surface area (Å²) in [6, 6.07) is 6.87. The van der Waals surface area contributed by atoms with E-state index in [2.05, 4.69) is 26.1 Å². The van der Waals surface area contributed by atoms with E-state index in [1.165, 1.54) is 0 Å². The molecule has 106 valence electrons. The topological polar surface area (TPSA) is 49.3 Å². The molecule has 1 aromatic rings. The normalized spacial score (nSPS) is 32.9. The highest BCUT2D eigenvalue weighted by atomic mass is 16.3. The molecule has 2 aliphatic rings. The second-order valence-electron chi connectivity index (χ2n) is 6.77. The van der Waals surface area contributed by atoms with Gasteiger partial charge in [-0.2, -0.15) is 0 Å². The molecule has 0 radical (unpaired) electrons. The molecule has 20 heavy (non-hydrogen) atoms. The molecule has 0 amide bonds. The Labute approximate surface area is 119 Å². The van der Waals surface area contributed by atoms with Crippen molar-refractivity contribution in [3.63, 3.8) is 0 Å². The summed E-state index contributed by atoms with van der Waals surface area (Å²) < 4.78 is 0. The van der Waals surface area contributed by atoms with E-state index < -0.39 is 0 Å². The number of anilines is 1. The first-order chi connectivity index (χ1) is 9.36. The number of phenols is 1. The van der Waals surface area contributed by atoms with Gasteiger partial charge < -0.3 is 10.4 Å². The number of carbonyl (C=O) groups is 1. The third-order valence-corrected chi connectivity index (χ3v) is 5.63. The Morgan fingerprint density at radius 2 is 1.90 bits per heavy atom. The van der Waals surface area contributed by atoms with Crippen LogP contribution in [0.5, 0.6) is 5.75 Å². The van der Waals surface area contributed by atoms with Gasteiger partial charge in [-0.25, -0.2) is 0 Å². The number of fused-ring (bicyclic) bond motifs is 2. The Kier molecular flexibility index (Phi) is 2.72. The van der Waals surface area contributed by atoms with Crippen molar-refractivity contribution in [2.45, 2.75) is 33.6 Å². The van der Waals surface area contributed by atoms with Gasteiger partial charge in [0, 0.05) is 22.9 Å². The molecule has 1 aromatic carbocycles. The van der Waals surface area contributed by atoms with Crippen LogP contribution in [-0.4, -0.2) is 10.9 Å². The fraction of sp³-hybridized carbons (Fsp3) is 0.471. The van der Waals surface area contributed by atoms with Crippen molar-refractivity contribution in [3.8, 4) is 5.75 Å². The van der Waals surface area contributed by atoms with E-state index in [0.717, 1.165) is 24.1 Å². The Morgan fingerprint density at radius 1 is 1.25 bits per heavy atom. The van der Waals surface area contributed by atoms with Gasteiger partial charge in [-0.05, 0) is 48.4 Å². The monoisotopic (exact) mass is 271 g/mol. The van der Waals surface area contributed by atoms with E-state index in [0.29, 0.717) is 11.7 Å². The number of carbonyl (C=O) groups excluding carboxylic acids is 1. The highest BCUT2D eigenvalue weighted by Crippen LogP contribution is 2.65. The molecule has 2 bridgehead atoms. The number of hydrogen-bond acceptors (Lipinski definition) is 3. The van der Waals surface area contributed by atoms with E-state index in [1.807, 2.05) is 6.20 Å². The maximum absolute atomic E-state index is 12.6. The van der Waals surface area contributed by atoms with Crippen LogP contribution in [0, 0.1) is 16.7 Å². The van der Waals surface area contributed by atoms with Crippen LogP contribution in [0.25, 0.3) is 0 Å². The molecule has 0 aromatic heterocycles. The SMILES string of the molecule is CC1(C)[C@H]2CC[C@@]1(C)C(=O)C2=CNc1ccc(O)cc1. The van der Waals surface area contributed by atoms with Gasteiger partial charge in [0.25, 0.3) is 0 Å². The standard InChI is InChI=1S/C17H21NO2/c1-16(2)14-8-9-17(16,3)15(20)13(14)10-18-11-4-6-12(19)7-5-11/h4-7,10,14,18-19H,8-9H2,1-3H3/t14-,17-/m0/s1. The summed E-state index contributed by atoms with van der Waals surface area (Å²) in [5, 5.41) is 12.5. The molecular formula is C17H21NO2. The van der Waals surface area contributed by atoms with E-state index >= 15 is 0 Å². The van der Waals surface area contributed by atoms with Crippen molar-refractivity contribution in [1.82, 2.24) is 0 Å². The number of rotatable bonds is 2. The molecule has 2 aliphatic carbocycles. The molecule has 3 heteroatoms. The number of benzene rings is 1. The van der Waals surface area contributed by atoms with Crippen molar-refractivity contribution in [3.05, 3.63) is 36.0 Å². The minimum Gasteiger partial charge on any atom is -0.508 e. The molecule has 2 saturated carbocycles. The van der Waals surface area contributed by atoms with Crippen LogP contribution < -0.4 is 5.32 Å². The van der Waals surface area contributed by atoms with E-state index in [4.69, 9.17) is 0 Å². The van der Waals surface area contributed by atoms with Crippen LogP contribution in [0.2, 0.25) is 0 Å². The van der Waals surface area contributed by atoms with Crippen molar-refractivity contribution in [2.24, 2.45) is 16.7 Å². The lowest BCUT2D eigenvalue weighted by Gasteiger charge is -2.31. The van der Waals surface area contributed by atoms with E-state index in [1.54, 1.807) is 24.3 Å². The molecule has 3 rings (SSSR count). The van der Waals surface area contributed by atoms with Gasteiger partial charge in [0.15, 0.2) is 5.78 Å². The predicted octanol–water partition coefficient (Wildman–Crippen LogP) is 3.71. The molecule has 2 fully saturated rings. The summed E-state index contributed by atoms with van der Waals surface area (Å²) in [4.78, 5) is 12.6. The average molecular weight is 271 g/mol. The minimum absolute atomic E-state index is 0.0482. The number of phenolic OH excluding ortho intramolecular Hbond substituents is 1. The molecule has 0 heterocycles. The van der Waals surface area contributed by atoms with Crippen LogP contribution in [0.15, 0.2) is 36.0 Å². The zero-order chi connectivity index (χ0) is 14.5. The van der Waals surface area contributed by atoms with Crippen molar-refractivity contribution in [1.29, 1.82) is 0 Å². The second-order valence-corrected chi connectivity index (χ2v) is 6.77. The average Bonchev–Trinajstić information content (AvgIpc) is 2.71. The molecule has 2 N–H and O–H groups in total. The number of nitrogens with one attached hydrogen (secondary N) is 1. The summed E-state index contributed by atoms with van der Waals surface area (Å²) in [5.74, 6) is 0.891. The summed E-state index contributed by atoms with van der Waals surface area (Å²) in [7, 11) is 0. The largest absolute Gasteiger partial charge is 0.508 e. The molecule has 2 atom stereocenters. The quantitative estimate of drug-likeness (QED) is 0.636. The first-order valence-corrected chi connectivity index (χ1v) is 7.17. The lowest BCUT2D eigenvalue weighted by atomic mass is 9.70. The summed E-state index contributed by atoms with van der Waals surface area (Å²) in [6.45, 7) is 6.53. The zero-order valence-electron chi connectivity index (χ0n) is 12.2. The number of hydrogen-bond donors (Lipinski definition) is 2. The van der Waals surface area contributed by atoms with Crippen LogP contribution in [-0.2, 0) is 4.79 Å². The lowest BCUT2D eigenvalue weighted by Crippen LogP contribution is -2.32. The van der Waals surface area contributed by atoms with Gasteiger partial charge in [-0.15, -0.1) is 0 Å². The fourth-order valence-corrected chi connectivity index (χ4v) is 3.81. The smallest absolute Gasteiger partial charge is 0.167 e. The molecule has 0 saturated heterocycles. The number of aromatic hydroxyl groups is 1. The van der Waals surface area contributed by atoms with E-state index in [-0.39, 0.29) is 16.6 Å². The Bertz CT molecular complexity index is 586. The van der Waals surface area contributed by atoms with Gasteiger partial charge in [-0.1, -0.05) is 20.8 Å². The number of allylic oxidation sites excluding steroid dienone is 1. The van der Waals surface area contributed by atoms with Crippen molar-refractivity contribution in [2.75, 3.05) is 5.32 Å². The maximum Gasteiger partial charge on any atom is 0.167 e. The minimum atomic E-state index is -0.208. The van der Waals surface area contributed by atoms with Crippen LogP contribution in [0.1, 0.15) is 33.6 Å². The maximum atomic E-state index is 12.6. The van der Waals surface area contributed by atoms with Gasteiger partial charge in [0.1, 0.15) is 5.75 Å². The summed E-state index contributed by atoms with van der Waals surface area (Å²) in [6.07, 6.45) is 3.96. The molecule has 0 spiro atoms. The lowest BCUT2D eigenvalue weighted by molar-refractivity contribution is -0.125. The molecular weight excluding hydrogens is 250 g/mol. The molecule has 3 nitrogen and oxygen atoms in total. The molecule has 0 aliphatic heterocycles. The van der Waals surface area contributed by atoms with Gasteiger partial charge in [0.2, 0.25) is 0 Å². The Balaban J connectivity index is 1.87. The predicted molar refractivity (Wildman–Crippen MR) is 79.4 cm³/mol. The number of Topliss-reactive ketones (excluding diaryl/α,β-unsaturated/α-hetero) is 1. The second kappa shape index (κ2) is 4.11. The van der Waals surface area contributed by atoms with Crippen molar-refractivity contribution < 1.29 is 9.90 Å².